The van der Waals surface area contributed by atoms with Crippen LogP contribution in [-0.4, -0.2) is 17.7 Å². The Labute approximate surface area is 121 Å². The predicted octanol–water partition coefficient (Wildman–Crippen LogP) is 3.58. The Morgan fingerprint density at radius 3 is 2.38 bits per heavy atom. The van der Waals surface area contributed by atoms with E-state index in [0.717, 1.165) is 12.6 Å². The van der Waals surface area contributed by atoms with Crippen LogP contribution in [0.5, 0.6) is 0 Å². The average molecular weight is 305 g/mol. The molecule has 1 aliphatic carbocycles. The molecule has 1 aliphatic rings. The molecule has 0 spiro atoms. The fraction of sp³-hybridized carbons (Fsp3) is 0.600. The van der Waals surface area contributed by atoms with E-state index in [1.165, 1.54) is 6.07 Å². The zero-order valence-electron chi connectivity index (χ0n) is 11.8. The third kappa shape index (κ3) is 3.55. The first-order valence-corrected chi connectivity index (χ1v) is 7.09. The van der Waals surface area contributed by atoms with Gasteiger partial charge in [0.05, 0.1) is 11.2 Å². The number of halogens is 4. The highest BCUT2D eigenvalue weighted by atomic mass is 19.4. The quantitative estimate of drug-likeness (QED) is 0.837. The van der Waals surface area contributed by atoms with Crippen LogP contribution in [0, 0.1) is 5.82 Å². The van der Waals surface area contributed by atoms with Crippen LogP contribution in [0.2, 0.25) is 0 Å². The number of alkyl halides is 3. The molecule has 0 bridgehead atoms. The molecule has 0 aliphatic heterocycles. The fourth-order valence-electron chi connectivity index (χ4n) is 2.91. The second-order valence-corrected chi connectivity index (χ2v) is 5.56. The normalized spacial score (nSPS) is 26.9. The SMILES string of the molecule is CCNC1CCC(O)(c2ccc(C(F)(F)F)c(F)c2)CC1. The summed E-state index contributed by atoms with van der Waals surface area (Å²) < 4.78 is 51.3. The first-order chi connectivity index (χ1) is 9.76. The zero-order chi connectivity index (χ0) is 15.7. The third-order valence-corrected chi connectivity index (χ3v) is 4.12. The van der Waals surface area contributed by atoms with Crippen LogP contribution in [0.3, 0.4) is 0 Å². The molecule has 0 saturated heterocycles. The largest absolute Gasteiger partial charge is 0.419 e. The van der Waals surface area contributed by atoms with Gasteiger partial charge in [0.15, 0.2) is 0 Å². The molecule has 0 atom stereocenters. The number of aliphatic hydroxyl groups is 1. The van der Waals surface area contributed by atoms with E-state index in [-0.39, 0.29) is 5.56 Å². The van der Waals surface area contributed by atoms with Crippen molar-refractivity contribution in [3.05, 3.63) is 35.1 Å². The van der Waals surface area contributed by atoms with E-state index < -0.39 is 23.2 Å². The predicted molar refractivity (Wildman–Crippen MR) is 71.2 cm³/mol. The lowest BCUT2D eigenvalue weighted by Crippen LogP contribution is -2.39. The summed E-state index contributed by atoms with van der Waals surface area (Å²) in [7, 11) is 0. The van der Waals surface area contributed by atoms with Crippen molar-refractivity contribution < 1.29 is 22.7 Å². The Hall–Kier alpha value is -1.14. The van der Waals surface area contributed by atoms with E-state index >= 15 is 0 Å². The maximum atomic E-state index is 13.6. The summed E-state index contributed by atoms with van der Waals surface area (Å²) in [5.41, 5.74) is -2.31. The summed E-state index contributed by atoms with van der Waals surface area (Å²) in [5.74, 6) is -1.33. The Morgan fingerprint density at radius 1 is 1.29 bits per heavy atom. The average Bonchev–Trinajstić information content (AvgIpc) is 2.40. The van der Waals surface area contributed by atoms with Gasteiger partial charge in [0.1, 0.15) is 5.82 Å². The van der Waals surface area contributed by atoms with E-state index in [1.54, 1.807) is 0 Å². The fourth-order valence-corrected chi connectivity index (χ4v) is 2.91. The number of hydrogen-bond acceptors (Lipinski definition) is 2. The lowest BCUT2D eigenvalue weighted by molar-refractivity contribution is -0.140. The summed E-state index contributed by atoms with van der Waals surface area (Å²) in [4.78, 5) is 0. The first kappa shape index (κ1) is 16.2. The lowest BCUT2D eigenvalue weighted by Gasteiger charge is -2.36. The van der Waals surface area contributed by atoms with E-state index in [9.17, 15) is 22.7 Å². The summed E-state index contributed by atoms with van der Waals surface area (Å²) >= 11 is 0. The molecule has 1 aromatic carbocycles. The standard InChI is InChI=1S/C15H19F4NO/c1-2-20-11-5-7-14(21,8-6-11)10-3-4-12(13(16)9-10)15(17,18)19/h3-4,9,11,20-21H,2,5-8H2,1H3. The van der Waals surface area contributed by atoms with Crippen molar-refractivity contribution >= 4 is 0 Å². The highest BCUT2D eigenvalue weighted by Gasteiger charge is 2.38. The third-order valence-electron chi connectivity index (χ3n) is 4.12. The molecule has 2 nitrogen and oxygen atoms in total. The van der Waals surface area contributed by atoms with Gasteiger partial charge in [-0.3, -0.25) is 0 Å². The van der Waals surface area contributed by atoms with Gasteiger partial charge in [0, 0.05) is 6.04 Å². The Kier molecular flexibility index (Phi) is 4.58. The molecule has 1 fully saturated rings. The van der Waals surface area contributed by atoms with Gasteiger partial charge in [-0.05, 0) is 49.9 Å². The highest BCUT2D eigenvalue weighted by molar-refractivity contribution is 5.30. The minimum Gasteiger partial charge on any atom is -0.385 e. The molecule has 1 saturated carbocycles. The van der Waals surface area contributed by atoms with Crippen molar-refractivity contribution in [2.45, 2.75) is 50.4 Å². The van der Waals surface area contributed by atoms with Crippen molar-refractivity contribution in [3.8, 4) is 0 Å². The highest BCUT2D eigenvalue weighted by Crippen LogP contribution is 2.39. The Balaban J connectivity index is 2.17. The van der Waals surface area contributed by atoms with Gasteiger partial charge in [0.2, 0.25) is 0 Å². The van der Waals surface area contributed by atoms with E-state index in [1.807, 2.05) is 6.92 Å². The van der Waals surface area contributed by atoms with Crippen LogP contribution in [0.15, 0.2) is 18.2 Å². The molecule has 0 unspecified atom stereocenters. The maximum Gasteiger partial charge on any atom is 0.419 e. The number of rotatable bonds is 3. The van der Waals surface area contributed by atoms with Crippen molar-refractivity contribution in [1.29, 1.82) is 0 Å². The summed E-state index contributed by atoms with van der Waals surface area (Å²) in [6.45, 7) is 2.82. The molecule has 0 radical (unpaired) electrons. The molecule has 0 aromatic heterocycles. The number of nitrogens with one attached hydrogen (secondary N) is 1. The Morgan fingerprint density at radius 2 is 1.90 bits per heavy atom. The monoisotopic (exact) mass is 305 g/mol. The zero-order valence-corrected chi connectivity index (χ0v) is 11.8. The van der Waals surface area contributed by atoms with E-state index in [0.29, 0.717) is 37.8 Å². The first-order valence-electron chi connectivity index (χ1n) is 7.09. The summed E-state index contributed by atoms with van der Waals surface area (Å²) in [6.07, 6.45) is -2.46. The van der Waals surface area contributed by atoms with Crippen molar-refractivity contribution in [3.63, 3.8) is 0 Å². The minimum absolute atomic E-state index is 0.225. The van der Waals surface area contributed by atoms with Gasteiger partial charge >= 0.3 is 6.18 Å². The van der Waals surface area contributed by atoms with Gasteiger partial charge < -0.3 is 10.4 Å². The second kappa shape index (κ2) is 5.93. The van der Waals surface area contributed by atoms with Crippen LogP contribution in [0.4, 0.5) is 17.6 Å². The van der Waals surface area contributed by atoms with Crippen LogP contribution in [0.1, 0.15) is 43.7 Å². The Bertz CT molecular complexity index is 493. The minimum atomic E-state index is -4.71. The van der Waals surface area contributed by atoms with Gasteiger partial charge in [-0.1, -0.05) is 13.0 Å². The van der Waals surface area contributed by atoms with Crippen molar-refractivity contribution in [1.82, 2.24) is 5.32 Å². The van der Waals surface area contributed by atoms with Crippen molar-refractivity contribution in [2.24, 2.45) is 0 Å². The van der Waals surface area contributed by atoms with Crippen LogP contribution < -0.4 is 5.32 Å². The molecular formula is C15H19F4NO. The molecule has 21 heavy (non-hydrogen) atoms. The van der Waals surface area contributed by atoms with Gasteiger partial charge in [0.25, 0.3) is 0 Å². The molecule has 0 amide bonds. The van der Waals surface area contributed by atoms with Crippen molar-refractivity contribution in [2.75, 3.05) is 6.54 Å². The van der Waals surface area contributed by atoms with Gasteiger partial charge in [-0.2, -0.15) is 13.2 Å². The number of benzene rings is 1. The molecular weight excluding hydrogens is 286 g/mol. The molecule has 118 valence electrons. The smallest absolute Gasteiger partial charge is 0.385 e. The van der Waals surface area contributed by atoms with Gasteiger partial charge in [-0.25, -0.2) is 4.39 Å². The lowest BCUT2D eigenvalue weighted by atomic mass is 9.77. The molecule has 1 aromatic rings. The topological polar surface area (TPSA) is 32.3 Å². The molecule has 2 rings (SSSR count). The van der Waals surface area contributed by atoms with Gasteiger partial charge in [-0.15, -0.1) is 0 Å². The van der Waals surface area contributed by atoms with Crippen LogP contribution in [0.25, 0.3) is 0 Å². The second-order valence-electron chi connectivity index (χ2n) is 5.56. The van der Waals surface area contributed by atoms with E-state index in [2.05, 4.69) is 5.32 Å². The summed E-state index contributed by atoms with van der Waals surface area (Å²) in [6, 6.07) is 3.00. The van der Waals surface area contributed by atoms with Crippen LogP contribution >= 0.6 is 0 Å². The van der Waals surface area contributed by atoms with Crippen LogP contribution in [-0.2, 0) is 11.8 Å². The maximum absolute atomic E-state index is 13.6. The van der Waals surface area contributed by atoms with E-state index in [4.69, 9.17) is 0 Å². The molecule has 0 heterocycles. The summed E-state index contributed by atoms with van der Waals surface area (Å²) in [5, 5.41) is 13.9. The molecule has 2 N–H and O–H groups in total. The molecule has 6 heteroatoms. The number of hydrogen-bond donors (Lipinski definition) is 2.